The number of rotatable bonds is 3. The lowest BCUT2D eigenvalue weighted by Gasteiger charge is -2.17. The number of ketones is 1. The minimum atomic E-state index is -0.968. The Labute approximate surface area is 67.9 Å². The van der Waals surface area contributed by atoms with Gasteiger partial charge in [-0.15, -0.1) is 0 Å². The molecule has 2 heteroatoms. The Morgan fingerprint density at radius 2 is 1.91 bits per heavy atom. The van der Waals surface area contributed by atoms with Crippen LogP contribution in [0.5, 0.6) is 0 Å². The smallest absolute Gasteiger partial charge is 0.133 e. The van der Waals surface area contributed by atoms with Crippen molar-refractivity contribution in [3.8, 4) is 0 Å². The number of hydrogen-bond acceptors (Lipinski definition) is 2. The molecule has 1 unspecified atom stereocenters. The molecule has 0 aliphatic rings. The molecule has 64 valence electrons. The molecular weight excluding hydrogens is 140 g/mol. The van der Waals surface area contributed by atoms with Crippen LogP contribution < -0.4 is 0 Å². The SMILES string of the molecule is CC(=O)CC(C)(O)C=C(C)C. The Bertz CT molecular complexity index is 174. The number of carbonyl (C=O) groups is 1. The fraction of sp³-hybridized carbons (Fsp3) is 0.667. The lowest BCUT2D eigenvalue weighted by atomic mass is 9.98. The maximum absolute atomic E-state index is 10.7. The molecule has 0 amide bonds. The Kier molecular flexibility index (Phi) is 3.46. The van der Waals surface area contributed by atoms with Gasteiger partial charge in [0.25, 0.3) is 0 Å². The van der Waals surface area contributed by atoms with E-state index in [2.05, 4.69) is 0 Å². The van der Waals surface area contributed by atoms with Gasteiger partial charge in [0.2, 0.25) is 0 Å². The van der Waals surface area contributed by atoms with Crippen LogP contribution in [-0.4, -0.2) is 16.5 Å². The summed E-state index contributed by atoms with van der Waals surface area (Å²) in [6, 6.07) is 0. The summed E-state index contributed by atoms with van der Waals surface area (Å²) in [4.78, 5) is 10.7. The Balaban J connectivity index is 4.22. The van der Waals surface area contributed by atoms with Crippen LogP contribution in [0.3, 0.4) is 0 Å². The molecule has 0 aliphatic heterocycles. The standard InChI is InChI=1S/C9H16O2/c1-7(2)5-9(4,11)6-8(3)10/h5,11H,6H2,1-4H3. The maximum Gasteiger partial charge on any atom is 0.133 e. The minimum Gasteiger partial charge on any atom is -0.386 e. The van der Waals surface area contributed by atoms with Gasteiger partial charge in [0.05, 0.1) is 5.60 Å². The zero-order valence-corrected chi connectivity index (χ0v) is 7.64. The highest BCUT2D eigenvalue weighted by atomic mass is 16.3. The highest BCUT2D eigenvalue weighted by Gasteiger charge is 2.18. The van der Waals surface area contributed by atoms with E-state index < -0.39 is 5.60 Å². The fourth-order valence-electron chi connectivity index (χ4n) is 1.18. The van der Waals surface area contributed by atoms with Gasteiger partial charge in [0, 0.05) is 6.42 Å². The molecule has 0 saturated heterocycles. The van der Waals surface area contributed by atoms with E-state index in [0.717, 1.165) is 5.57 Å². The van der Waals surface area contributed by atoms with E-state index in [4.69, 9.17) is 0 Å². The minimum absolute atomic E-state index is 0.00694. The number of hydrogen-bond donors (Lipinski definition) is 1. The largest absolute Gasteiger partial charge is 0.386 e. The molecule has 0 aromatic heterocycles. The second kappa shape index (κ2) is 3.67. The summed E-state index contributed by atoms with van der Waals surface area (Å²) in [5.41, 5.74) is 0.0567. The van der Waals surface area contributed by atoms with Gasteiger partial charge in [-0.1, -0.05) is 11.6 Å². The van der Waals surface area contributed by atoms with Crippen molar-refractivity contribution in [1.29, 1.82) is 0 Å². The van der Waals surface area contributed by atoms with Gasteiger partial charge >= 0.3 is 0 Å². The third-order valence-corrected chi connectivity index (χ3v) is 1.21. The molecule has 0 spiro atoms. The van der Waals surface area contributed by atoms with Crippen LogP contribution in [0.4, 0.5) is 0 Å². The van der Waals surface area contributed by atoms with E-state index in [-0.39, 0.29) is 12.2 Å². The molecule has 1 atom stereocenters. The van der Waals surface area contributed by atoms with Gasteiger partial charge in [-0.25, -0.2) is 0 Å². The first-order valence-electron chi connectivity index (χ1n) is 3.71. The van der Waals surface area contributed by atoms with Crippen molar-refractivity contribution in [2.45, 2.75) is 39.7 Å². The Morgan fingerprint density at radius 1 is 1.45 bits per heavy atom. The third kappa shape index (κ3) is 5.80. The van der Waals surface area contributed by atoms with E-state index in [0.29, 0.717) is 0 Å². The molecule has 0 bridgehead atoms. The topological polar surface area (TPSA) is 37.3 Å². The third-order valence-electron chi connectivity index (χ3n) is 1.21. The van der Waals surface area contributed by atoms with Crippen LogP contribution in [0.1, 0.15) is 34.1 Å². The van der Waals surface area contributed by atoms with Crippen LogP contribution in [0.15, 0.2) is 11.6 Å². The predicted molar refractivity (Wildman–Crippen MR) is 45.4 cm³/mol. The second-order valence-corrected chi connectivity index (χ2v) is 3.46. The van der Waals surface area contributed by atoms with Crippen LogP contribution in [0, 0.1) is 0 Å². The number of aliphatic hydroxyl groups is 1. The van der Waals surface area contributed by atoms with Crippen molar-refractivity contribution in [1.82, 2.24) is 0 Å². The van der Waals surface area contributed by atoms with Crippen molar-refractivity contribution in [2.75, 3.05) is 0 Å². The molecule has 0 saturated carbocycles. The number of allylic oxidation sites excluding steroid dienone is 1. The molecule has 0 aromatic carbocycles. The summed E-state index contributed by atoms with van der Waals surface area (Å²) in [5.74, 6) is 0.00694. The number of carbonyl (C=O) groups excluding carboxylic acids is 1. The fourth-order valence-corrected chi connectivity index (χ4v) is 1.18. The van der Waals surface area contributed by atoms with Gasteiger partial charge in [0.15, 0.2) is 0 Å². The van der Waals surface area contributed by atoms with Gasteiger partial charge in [-0.2, -0.15) is 0 Å². The molecule has 0 fully saturated rings. The van der Waals surface area contributed by atoms with Crippen LogP contribution in [0.25, 0.3) is 0 Å². The first-order chi connectivity index (χ1) is 4.83. The first-order valence-corrected chi connectivity index (χ1v) is 3.71. The quantitative estimate of drug-likeness (QED) is 0.631. The van der Waals surface area contributed by atoms with Gasteiger partial charge < -0.3 is 5.11 Å². The zero-order chi connectivity index (χ0) is 9.07. The molecule has 11 heavy (non-hydrogen) atoms. The normalized spacial score (nSPS) is 15.4. The summed E-state index contributed by atoms with van der Waals surface area (Å²) in [5, 5.41) is 9.56. The molecule has 0 heterocycles. The molecule has 0 rings (SSSR count). The molecule has 0 radical (unpaired) electrons. The Hall–Kier alpha value is -0.630. The summed E-state index contributed by atoms with van der Waals surface area (Å²) in [6.45, 7) is 6.91. The van der Waals surface area contributed by atoms with E-state index >= 15 is 0 Å². The van der Waals surface area contributed by atoms with Gasteiger partial charge in [-0.05, 0) is 27.7 Å². The van der Waals surface area contributed by atoms with Crippen LogP contribution in [0.2, 0.25) is 0 Å². The monoisotopic (exact) mass is 156 g/mol. The van der Waals surface area contributed by atoms with Gasteiger partial charge in [-0.3, -0.25) is 4.79 Å². The zero-order valence-electron chi connectivity index (χ0n) is 7.64. The van der Waals surface area contributed by atoms with Crippen LogP contribution in [-0.2, 0) is 4.79 Å². The number of Topliss-reactive ketones (excluding diaryl/α,β-unsaturated/α-hetero) is 1. The molecule has 2 nitrogen and oxygen atoms in total. The summed E-state index contributed by atoms with van der Waals surface area (Å²) in [6.07, 6.45) is 1.90. The average molecular weight is 156 g/mol. The lowest BCUT2D eigenvalue weighted by Crippen LogP contribution is -2.24. The van der Waals surface area contributed by atoms with Crippen LogP contribution >= 0.6 is 0 Å². The van der Waals surface area contributed by atoms with E-state index in [1.807, 2.05) is 13.8 Å². The van der Waals surface area contributed by atoms with Gasteiger partial charge in [0.1, 0.15) is 5.78 Å². The lowest BCUT2D eigenvalue weighted by molar-refractivity contribution is -0.120. The summed E-state index contributed by atoms with van der Waals surface area (Å²) >= 11 is 0. The van der Waals surface area contributed by atoms with Crippen molar-refractivity contribution in [3.63, 3.8) is 0 Å². The maximum atomic E-state index is 10.7. The average Bonchev–Trinajstić information content (AvgIpc) is 1.53. The highest BCUT2D eigenvalue weighted by Crippen LogP contribution is 2.13. The Morgan fingerprint density at radius 3 is 2.18 bits per heavy atom. The van der Waals surface area contributed by atoms with E-state index in [1.165, 1.54) is 6.92 Å². The molecule has 0 aromatic rings. The molecular formula is C9H16O2. The van der Waals surface area contributed by atoms with Crippen molar-refractivity contribution < 1.29 is 9.90 Å². The van der Waals surface area contributed by atoms with E-state index in [9.17, 15) is 9.90 Å². The highest BCUT2D eigenvalue weighted by molar-refractivity contribution is 5.76. The van der Waals surface area contributed by atoms with Crippen molar-refractivity contribution in [2.24, 2.45) is 0 Å². The first kappa shape index (κ1) is 10.4. The summed E-state index contributed by atoms with van der Waals surface area (Å²) < 4.78 is 0. The summed E-state index contributed by atoms with van der Waals surface area (Å²) in [7, 11) is 0. The molecule has 0 aliphatic carbocycles. The van der Waals surface area contributed by atoms with Crippen molar-refractivity contribution >= 4 is 5.78 Å². The van der Waals surface area contributed by atoms with Crippen molar-refractivity contribution in [3.05, 3.63) is 11.6 Å². The predicted octanol–water partition coefficient (Wildman–Crippen LogP) is 1.68. The second-order valence-electron chi connectivity index (χ2n) is 3.46. The molecule has 1 N–H and O–H groups in total. The van der Waals surface area contributed by atoms with E-state index in [1.54, 1.807) is 13.0 Å².